The molecule has 0 bridgehead atoms. The summed E-state index contributed by atoms with van der Waals surface area (Å²) in [6.07, 6.45) is 2.07. The first-order valence-electron chi connectivity index (χ1n) is 6.91. The van der Waals surface area contributed by atoms with Crippen LogP contribution in [0.4, 0.5) is 5.69 Å². The summed E-state index contributed by atoms with van der Waals surface area (Å²) in [4.78, 5) is 0. The minimum Gasteiger partial charge on any atom is -0.495 e. The van der Waals surface area contributed by atoms with Crippen molar-refractivity contribution in [1.82, 2.24) is 9.78 Å². The number of hydrogen-bond donors (Lipinski definition) is 1. The average Bonchev–Trinajstić information content (AvgIpc) is 2.78. The van der Waals surface area contributed by atoms with Crippen LogP contribution in [0.1, 0.15) is 32.0 Å². The predicted octanol–water partition coefficient (Wildman–Crippen LogP) is 4.10. The molecule has 0 saturated heterocycles. The zero-order valence-corrected chi connectivity index (χ0v) is 14.8. The normalized spacial score (nSPS) is 11.5. The molecule has 0 radical (unpaired) electrons. The molecule has 1 N–H and O–H groups in total. The van der Waals surface area contributed by atoms with Gasteiger partial charge >= 0.3 is 0 Å². The molecule has 2 rings (SSSR count). The zero-order chi connectivity index (χ0) is 15.6. The summed E-state index contributed by atoms with van der Waals surface area (Å²) in [6.45, 7) is 7.25. The number of rotatable bonds is 4. The molecule has 0 atom stereocenters. The Morgan fingerprint density at radius 3 is 2.67 bits per heavy atom. The van der Waals surface area contributed by atoms with Crippen LogP contribution in [-0.2, 0) is 19.0 Å². The van der Waals surface area contributed by atoms with Gasteiger partial charge in [0.25, 0.3) is 0 Å². The molecule has 1 aromatic heterocycles. The second-order valence-corrected chi connectivity index (χ2v) is 7.04. The third-order valence-electron chi connectivity index (χ3n) is 3.25. The molecule has 2 aromatic rings. The second-order valence-electron chi connectivity index (χ2n) is 6.12. The van der Waals surface area contributed by atoms with Gasteiger partial charge in [-0.05, 0) is 18.2 Å². The third kappa shape index (κ3) is 3.79. The average molecular weight is 352 g/mol. The largest absolute Gasteiger partial charge is 0.495 e. The number of hydrogen-bond acceptors (Lipinski definition) is 3. The molecule has 0 amide bonds. The van der Waals surface area contributed by atoms with E-state index in [-0.39, 0.29) is 5.41 Å². The maximum absolute atomic E-state index is 5.39. The third-order valence-corrected chi connectivity index (χ3v) is 3.74. The molecule has 4 nitrogen and oxygen atoms in total. The van der Waals surface area contributed by atoms with E-state index in [1.165, 1.54) is 5.56 Å². The fourth-order valence-corrected chi connectivity index (χ4v) is 2.67. The summed E-state index contributed by atoms with van der Waals surface area (Å²) in [6, 6.07) is 5.93. The van der Waals surface area contributed by atoms with Crippen molar-refractivity contribution in [2.75, 3.05) is 12.4 Å². The monoisotopic (exact) mass is 351 g/mol. The van der Waals surface area contributed by atoms with Gasteiger partial charge in [-0.3, -0.25) is 4.68 Å². The van der Waals surface area contributed by atoms with Crippen LogP contribution >= 0.6 is 15.9 Å². The molecule has 0 aliphatic rings. The molecule has 0 saturated carbocycles. The number of nitrogens with zero attached hydrogens (tertiary/aromatic N) is 2. The van der Waals surface area contributed by atoms with Gasteiger partial charge in [-0.25, -0.2) is 0 Å². The maximum atomic E-state index is 5.39. The van der Waals surface area contributed by atoms with Crippen LogP contribution in [0.3, 0.4) is 0 Å². The van der Waals surface area contributed by atoms with Crippen LogP contribution in [0.2, 0.25) is 0 Å². The highest BCUT2D eigenvalue weighted by Gasteiger charge is 2.21. The van der Waals surface area contributed by atoms with Crippen molar-refractivity contribution in [2.24, 2.45) is 7.05 Å². The molecule has 0 unspecified atom stereocenters. The van der Waals surface area contributed by atoms with Crippen molar-refractivity contribution >= 4 is 21.6 Å². The van der Waals surface area contributed by atoms with Gasteiger partial charge in [0.2, 0.25) is 0 Å². The Labute approximate surface area is 134 Å². The van der Waals surface area contributed by atoms with Crippen LogP contribution in [0.25, 0.3) is 0 Å². The minimum atomic E-state index is 0.0274. The Kier molecular flexibility index (Phi) is 4.61. The first-order valence-corrected chi connectivity index (χ1v) is 7.71. The van der Waals surface area contributed by atoms with Gasteiger partial charge in [-0.1, -0.05) is 36.7 Å². The van der Waals surface area contributed by atoms with E-state index in [2.05, 4.69) is 53.3 Å². The summed E-state index contributed by atoms with van der Waals surface area (Å²) >= 11 is 3.49. The Morgan fingerprint density at radius 1 is 1.33 bits per heavy atom. The lowest BCUT2D eigenvalue weighted by Gasteiger charge is -2.18. The first-order chi connectivity index (χ1) is 9.81. The lowest BCUT2D eigenvalue weighted by Crippen LogP contribution is -2.16. The Hall–Kier alpha value is -1.49. The van der Waals surface area contributed by atoms with Crippen LogP contribution in [0.5, 0.6) is 5.75 Å². The van der Waals surface area contributed by atoms with E-state index < -0.39 is 0 Å². The number of methoxy groups -OCH3 is 1. The fraction of sp³-hybridized carbons (Fsp3) is 0.438. The predicted molar refractivity (Wildman–Crippen MR) is 89.9 cm³/mol. The number of ether oxygens (including phenoxy) is 1. The number of aromatic nitrogens is 2. The van der Waals surface area contributed by atoms with Gasteiger partial charge in [0.15, 0.2) is 0 Å². The smallest absolute Gasteiger partial charge is 0.142 e. The molecular weight excluding hydrogens is 330 g/mol. The standard InChI is InChI=1S/C16H22BrN3O/c1-16(2,3)15-11(10-20(4)19-15)9-18-13-8-12(17)6-7-14(13)21-5/h6-8,10,18H,9H2,1-5H3. The van der Waals surface area contributed by atoms with E-state index >= 15 is 0 Å². The number of anilines is 1. The molecule has 1 aromatic carbocycles. The van der Waals surface area contributed by atoms with Crippen LogP contribution in [0.15, 0.2) is 28.9 Å². The highest BCUT2D eigenvalue weighted by Crippen LogP contribution is 2.30. The number of benzene rings is 1. The SMILES string of the molecule is COc1ccc(Br)cc1NCc1cn(C)nc1C(C)(C)C. The molecule has 0 fully saturated rings. The van der Waals surface area contributed by atoms with Gasteiger partial charge in [0, 0.05) is 35.2 Å². The maximum Gasteiger partial charge on any atom is 0.142 e. The van der Waals surface area contributed by atoms with Crippen molar-refractivity contribution < 1.29 is 4.74 Å². The fourth-order valence-electron chi connectivity index (χ4n) is 2.31. The van der Waals surface area contributed by atoms with Gasteiger partial charge in [-0.2, -0.15) is 5.10 Å². The van der Waals surface area contributed by atoms with E-state index in [0.717, 1.165) is 21.6 Å². The van der Waals surface area contributed by atoms with Crippen molar-refractivity contribution in [3.05, 3.63) is 40.1 Å². The summed E-state index contributed by atoms with van der Waals surface area (Å²) in [7, 11) is 3.64. The Balaban J connectivity index is 2.23. The van der Waals surface area contributed by atoms with Crippen LogP contribution in [-0.4, -0.2) is 16.9 Å². The topological polar surface area (TPSA) is 39.1 Å². The van der Waals surface area contributed by atoms with Gasteiger partial charge in [0.05, 0.1) is 18.5 Å². The molecule has 114 valence electrons. The van der Waals surface area contributed by atoms with Crippen LogP contribution < -0.4 is 10.1 Å². The number of aryl methyl sites for hydroxylation is 1. The lowest BCUT2D eigenvalue weighted by molar-refractivity contribution is 0.416. The molecular formula is C16H22BrN3O. The second kappa shape index (κ2) is 6.10. The van der Waals surface area contributed by atoms with E-state index in [0.29, 0.717) is 6.54 Å². The van der Waals surface area contributed by atoms with Gasteiger partial charge < -0.3 is 10.1 Å². The van der Waals surface area contributed by atoms with Gasteiger partial charge in [0.1, 0.15) is 5.75 Å². The molecule has 0 aliphatic carbocycles. The highest BCUT2D eigenvalue weighted by atomic mass is 79.9. The van der Waals surface area contributed by atoms with E-state index in [4.69, 9.17) is 4.74 Å². The molecule has 0 spiro atoms. The Bertz CT molecular complexity index is 629. The van der Waals surface area contributed by atoms with Crippen LogP contribution in [0, 0.1) is 0 Å². The minimum absolute atomic E-state index is 0.0274. The van der Waals surface area contributed by atoms with Crippen molar-refractivity contribution in [1.29, 1.82) is 0 Å². The molecule has 0 aliphatic heterocycles. The van der Waals surface area contributed by atoms with Crippen molar-refractivity contribution in [3.63, 3.8) is 0 Å². The first kappa shape index (κ1) is 15.9. The summed E-state index contributed by atoms with van der Waals surface area (Å²) in [5.41, 5.74) is 3.31. The quantitative estimate of drug-likeness (QED) is 0.900. The van der Waals surface area contributed by atoms with Gasteiger partial charge in [-0.15, -0.1) is 0 Å². The van der Waals surface area contributed by atoms with Crippen molar-refractivity contribution in [2.45, 2.75) is 32.7 Å². The summed E-state index contributed by atoms with van der Waals surface area (Å²) in [5.74, 6) is 0.833. The summed E-state index contributed by atoms with van der Waals surface area (Å²) < 4.78 is 8.28. The highest BCUT2D eigenvalue weighted by molar-refractivity contribution is 9.10. The number of halogens is 1. The lowest BCUT2D eigenvalue weighted by atomic mass is 9.89. The molecule has 5 heteroatoms. The summed E-state index contributed by atoms with van der Waals surface area (Å²) in [5, 5.41) is 8.03. The van der Waals surface area contributed by atoms with E-state index in [1.807, 2.05) is 29.9 Å². The van der Waals surface area contributed by atoms with E-state index in [9.17, 15) is 0 Å². The molecule has 21 heavy (non-hydrogen) atoms. The molecule has 1 heterocycles. The van der Waals surface area contributed by atoms with Crippen molar-refractivity contribution in [3.8, 4) is 5.75 Å². The Morgan fingerprint density at radius 2 is 2.05 bits per heavy atom. The van der Waals surface area contributed by atoms with E-state index in [1.54, 1.807) is 7.11 Å². The zero-order valence-electron chi connectivity index (χ0n) is 13.2. The number of nitrogens with one attached hydrogen (secondary N) is 1.